The molecule has 2 aromatic carbocycles. The number of fused-ring (bicyclic) bond motifs is 1. The lowest BCUT2D eigenvalue weighted by Crippen LogP contribution is -2.15. The molecule has 0 aromatic heterocycles. The molecule has 2 rings (SSSR count). The summed E-state index contributed by atoms with van der Waals surface area (Å²) in [6, 6.07) is 12.5. The smallest absolute Gasteiger partial charge is 0.330 e. The number of benzene rings is 2. The number of esters is 2. The Labute approximate surface area is 174 Å². The molecule has 0 fully saturated rings. The van der Waals surface area contributed by atoms with Gasteiger partial charge in [-0.1, -0.05) is 31.4 Å². The van der Waals surface area contributed by atoms with E-state index in [1.54, 1.807) is 23.5 Å². The van der Waals surface area contributed by atoms with E-state index in [-0.39, 0.29) is 12.2 Å². The van der Waals surface area contributed by atoms with Crippen molar-refractivity contribution in [2.24, 2.45) is 0 Å². The average molecular weight is 417 g/mol. The molecule has 6 heteroatoms. The van der Waals surface area contributed by atoms with Crippen LogP contribution in [0.25, 0.3) is 10.8 Å². The number of hydrogen-bond donors (Lipinski definition) is 0. The fourth-order valence-electron chi connectivity index (χ4n) is 2.43. The highest BCUT2D eigenvalue weighted by Gasteiger charge is 2.11. The summed E-state index contributed by atoms with van der Waals surface area (Å²) in [6.45, 7) is 10.6. The first kappa shape index (κ1) is 22.1. The number of carbonyl (C=O) groups excluding carboxylic acids is 2. The van der Waals surface area contributed by atoms with Gasteiger partial charge in [0.15, 0.2) is 0 Å². The molecular weight excluding hydrogens is 392 g/mol. The van der Waals surface area contributed by atoms with Gasteiger partial charge < -0.3 is 9.47 Å². The predicted octanol–water partition coefficient (Wildman–Crippen LogP) is 5.26. The molecular formula is C22H24O4S2. The van der Waals surface area contributed by atoms with Crippen LogP contribution in [-0.2, 0) is 19.1 Å². The summed E-state index contributed by atoms with van der Waals surface area (Å²) in [5.41, 5.74) is 0. The summed E-state index contributed by atoms with van der Waals surface area (Å²) in [5, 5.41) is 2.30. The maximum absolute atomic E-state index is 11.3. The van der Waals surface area contributed by atoms with Crippen molar-refractivity contribution in [3.05, 3.63) is 61.7 Å². The summed E-state index contributed by atoms with van der Waals surface area (Å²) in [4.78, 5) is 24.8. The molecule has 4 nitrogen and oxygen atoms in total. The third kappa shape index (κ3) is 6.77. The summed E-state index contributed by atoms with van der Waals surface area (Å²) < 4.78 is 10.4. The average Bonchev–Trinajstić information content (AvgIpc) is 2.70. The highest BCUT2D eigenvalue weighted by Crippen LogP contribution is 2.32. The third-order valence-corrected chi connectivity index (χ3v) is 6.26. The van der Waals surface area contributed by atoms with E-state index in [0.717, 1.165) is 20.6 Å². The van der Waals surface area contributed by atoms with Gasteiger partial charge in [-0.3, -0.25) is 0 Å². The van der Waals surface area contributed by atoms with Crippen molar-refractivity contribution in [1.29, 1.82) is 0 Å². The Morgan fingerprint density at radius 2 is 1.57 bits per heavy atom. The number of thioether (sulfide) groups is 2. The Hall–Kier alpha value is -2.18. The van der Waals surface area contributed by atoms with Crippen molar-refractivity contribution in [2.45, 2.75) is 35.8 Å². The molecule has 0 aliphatic carbocycles. The normalized spacial score (nSPS) is 12.8. The Morgan fingerprint density at radius 3 is 2.18 bits per heavy atom. The highest BCUT2D eigenvalue weighted by atomic mass is 32.2. The molecule has 0 saturated heterocycles. The van der Waals surface area contributed by atoms with Gasteiger partial charge >= 0.3 is 11.9 Å². The first-order valence-corrected chi connectivity index (χ1v) is 10.8. The van der Waals surface area contributed by atoms with E-state index in [9.17, 15) is 9.59 Å². The van der Waals surface area contributed by atoms with Crippen LogP contribution in [0.4, 0.5) is 0 Å². The van der Waals surface area contributed by atoms with Crippen molar-refractivity contribution in [3.8, 4) is 0 Å². The largest absolute Gasteiger partial charge is 0.459 e. The molecule has 0 aliphatic heterocycles. The van der Waals surface area contributed by atoms with Crippen molar-refractivity contribution >= 4 is 46.2 Å². The molecule has 0 heterocycles. The van der Waals surface area contributed by atoms with Crippen molar-refractivity contribution in [1.82, 2.24) is 0 Å². The Morgan fingerprint density at radius 1 is 0.964 bits per heavy atom. The minimum atomic E-state index is -0.402. The van der Waals surface area contributed by atoms with Gasteiger partial charge in [0.25, 0.3) is 0 Å². The molecule has 0 bridgehead atoms. The van der Waals surface area contributed by atoms with Crippen molar-refractivity contribution in [2.75, 3.05) is 11.5 Å². The first-order chi connectivity index (χ1) is 13.4. The maximum atomic E-state index is 11.3. The number of carbonyl (C=O) groups is 2. The first-order valence-electron chi connectivity index (χ1n) is 8.87. The zero-order valence-corrected chi connectivity index (χ0v) is 17.7. The highest BCUT2D eigenvalue weighted by molar-refractivity contribution is 7.99. The fraction of sp³-hybridized carbons (Fsp3) is 0.273. The molecule has 0 amide bonds. The molecule has 2 atom stereocenters. The Bertz CT molecular complexity index is 863. The minimum absolute atomic E-state index is 0.187. The molecule has 0 N–H and O–H groups in total. The van der Waals surface area contributed by atoms with E-state index in [2.05, 4.69) is 43.5 Å². The lowest BCUT2D eigenvalue weighted by atomic mass is 10.1. The lowest BCUT2D eigenvalue weighted by Gasteiger charge is -2.14. The minimum Gasteiger partial charge on any atom is -0.459 e. The molecule has 2 aromatic rings. The van der Waals surface area contributed by atoms with Crippen LogP contribution in [0.15, 0.2) is 71.5 Å². The molecule has 0 spiro atoms. The molecule has 0 aliphatic rings. The van der Waals surface area contributed by atoms with Gasteiger partial charge in [0.05, 0.1) is 0 Å². The van der Waals surface area contributed by atoms with Gasteiger partial charge in [-0.05, 0) is 42.8 Å². The zero-order chi connectivity index (χ0) is 20.5. The van der Waals surface area contributed by atoms with Crippen molar-refractivity contribution in [3.63, 3.8) is 0 Å². The van der Waals surface area contributed by atoms with Gasteiger partial charge in [-0.2, -0.15) is 0 Å². The van der Waals surface area contributed by atoms with Gasteiger partial charge in [0, 0.05) is 33.4 Å². The zero-order valence-electron chi connectivity index (χ0n) is 16.1. The molecule has 2 unspecified atom stereocenters. The van der Waals surface area contributed by atoms with Crippen LogP contribution in [0.2, 0.25) is 0 Å². The van der Waals surface area contributed by atoms with Gasteiger partial charge in [0.1, 0.15) is 12.2 Å². The summed E-state index contributed by atoms with van der Waals surface area (Å²) in [7, 11) is 0. The standard InChI is InChI=1S/C22H24O4S2/c1-5-21(23)25-15(3)13-27-18-10-11-19-17(12-18)8-7-9-20(19)28-14-16(4)26-22(24)6-2/h5-12,15-16H,1-2,13-14H2,3-4H3. The quantitative estimate of drug-likeness (QED) is 0.299. The van der Waals surface area contributed by atoms with Crippen LogP contribution >= 0.6 is 23.5 Å². The molecule has 0 radical (unpaired) electrons. The van der Waals surface area contributed by atoms with Gasteiger partial charge in [-0.25, -0.2) is 9.59 Å². The number of ether oxygens (including phenoxy) is 2. The van der Waals surface area contributed by atoms with Crippen LogP contribution in [-0.4, -0.2) is 35.7 Å². The van der Waals surface area contributed by atoms with E-state index in [0.29, 0.717) is 11.5 Å². The molecule has 148 valence electrons. The monoisotopic (exact) mass is 416 g/mol. The number of hydrogen-bond acceptors (Lipinski definition) is 6. The predicted molar refractivity (Wildman–Crippen MR) is 117 cm³/mol. The Balaban J connectivity index is 2.01. The van der Waals surface area contributed by atoms with Crippen LogP contribution in [0.5, 0.6) is 0 Å². The lowest BCUT2D eigenvalue weighted by molar-refractivity contribution is -0.142. The maximum Gasteiger partial charge on any atom is 0.330 e. The second-order valence-electron chi connectivity index (χ2n) is 6.16. The molecule has 0 saturated carbocycles. The molecule has 28 heavy (non-hydrogen) atoms. The SMILES string of the molecule is C=CC(=O)OC(C)CSc1ccc2c(SCC(C)OC(=O)C=C)cccc2c1. The summed E-state index contributed by atoms with van der Waals surface area (Å²) in [6.07, 6.45) is 1.97. The van der Waals surface area contributed by atoms with E-state index in [1.165, 1.54) is 12.2 Å². The topological polar surface area (TPSA) is 52.6 Å². The number of rotatable bonds is 10. The third-order valence-electron chi connectivity index (χ3n) is 3.74. The Kier molecular flexibility index (Phi) is 8.67. The van der Waals surface area contributed by atoms with Crippen LogP contribution in [0.3, 0.4) is 0 Å². The fourth-order valence-corrected chi connectivity index (χ4v) is 4.30. The second kappa shape index (κ2) is 11.0. The van der Waals surface area contributed by atoms with E-state index < -0.39 is 11.9 Å². The van der Waals surface area contributed by atoms with Crippen LogP contribution in [0.1, 0.15) is 13.8 Å². The second-order valence-corrected chi connectivity index (χ2v) is 8.32. The summed E-state index contributed by atoms with van der Waals surface area (Å²) >= 11 is 3.30. The van der Waals surface area contributed by atoms with Crippen LogP contribution < -0.4 is 0 Å². The summed E-state index contributed by atoms with van der Waals surface area (Å²) in [5.74, 6) is 0.537. The van der Waals surface area contributed by atoms with Crippen LogP contribution in [0, 0.1) is 0 Å². The van der Waals surface area contributed by atoms with E-state index in [1.807, 2.05) is 19.9 Å². The van der Waals surface area contributed by atoms with Crippen molar-refractivity contribution < 1.29 is 19.1 Å². The van der Waals surface area contributed by atoms with E-state index in [4.69, 9.17) is 9.47 Å². The van der Waals surface area contributed by atoms with E-state index >= 15 is 0 Å². The van der Waals surface area contributed by atoms with Gasteiger partial charge in [-0.15, -0.1) is 23.5 Å². The van der Waals surface area contributed by atoms with Gasteiger partial charge in [0.2, 0.25) is 0 Å².